The zero-order valence-corrected chi connectivity index (χ0v) is 12.8. The monoisotopic (exact) mass is 411 g/mol. The summed E-state index contributed by atoms with van der Waals surface area (Å²) >= 11 is 5.56. The zero-order valence-electron chi connectivity index (χ0n) is 9.05. The molecule has 17 heavy (non-hydrogen) atoms. The van der Waals surface area contributed by atoms with Crippen LogP contribution in [0, 0.1) is 11.7 Å². The summed E-state index contributed by atoms with van der Waals surface area (Å²) in [4.78, 5) is 10.8. The molecule has 1 atom stereocenters. The third-order valence-electron chi connectivity index (χ3n) is 3.21. The maximum atomic E-state index is 14.0. The molecule has 5 heteroatoms. The lowest BCUT2D eigenvalue weighted by molar-refractivity contribution is -0.111. The Balaban J connectivity index is 2.50. The molecule has 92 valence electrons. The van der Waals surface area contributed by atoms with Gasteiger partial charge in [-0.1, -0.05) is 38.5 Å². The Kier molecular flexibility index (Phi) is 4.07. The molecule has 1 unspecified atom stereocenters. The summed E-state index contributed by atoms with van der Waals surface area (Å²) in [6.45, 7) is 0. The van der Waals surface area contributed by atoms with Gasteiger partial charge in [0.1, 0.15) is 5.82 Å². The Morgan fingerprint density at radius 3 is 2.82 bits per heavy atom. The molecular weight excluding hydrogens is 400 g/mol. The highest BCUT2D eigenvalue weighted by Gasteiger charge is 2.47. The molecule has 1 aliphatic rings. The first-order valence-electron chi connectivity index (χ1n) is 5.37. The summed E-state index contributed by atoms with van der Waals surface area (Å²) in [6, 6.07) is 4.88. The maximum Gasteiger partial charge on any atom is 0.207 e. The first kappa shape index (κ1) is 13.3. The number of carbonyl (C=O) groups excluding carboxylic acids is 1. The minimum Gasteiger partial charge on any atom is -0.348 e. The number of halogens is 3. The lowest BCUT2D eigenvalue weighted by Crippen LogP contribution is -2.46. The minimum atomic E-state index is -0.559. The molecule has 2 rings (SSSR count). The van der Waals surface area contributed by atoms with Crippen LogP contribution >= 0.6 is 38.5 Å². The van der Waals surface area contributed by atoms with Crippen LogP contribution in [0.25, 0.3) is 0 Å². The summed E-state index contributed by atoms with van der Waals surface area (Å²) in [5.41, 5.74) is 0.0202. The largest absolute Gasteiger partial charge is 0.348 e. The predicted molar refractivity (Wildman–Crippen MR) is 76.6 cm³/mol. The molecule has 1 saturated carbocycles. The number of benzene rings is 1. The Hall–Kier alpha value is -0.170. The van der Waals surface area contributed by atoms with Gasteiger partial charge in [-0.15, -0.1) is 0 Å². The smallest absolute Gasteiger partial charge is 0.207 e. The third kappa shape index (κ3) is 2.50. The van der Waals surface area contributed by atoms with E-state index in [2.05, 4.69) is 43.8 Å². The van der Waals surface area contributed by atoms with Gasteiger partial charge in [0, 0.05) is 14.5 Å². The van der Waals surface area contributed by atoms with Crippen LogP contribution < -0.4 is 5.32 Å². The van der Waals surface area contributed by atoms with Crippen LogP contribution in [0.5, 0.6) is 0 Å². The zero-order chi connectivity index (χ0) is 12.5. The minimum absolute atomic E-state index is 0.258. The highest BCUT2D eigenvalue weighted by Crippen LogP contribution is 2.47. The molecular formula is C12H12BrFINO. The van der Waals surface area contributed by atoms with Gasteiger partial charge in [-0.05, 0) is 37.0 Å². The van der Waals surface area contributed by atoms with Crippen LogP contribution in [-0.4, -0.2) is 10.8 Å². The number of amides is 1. The second-order valence-corrected chi connectivity index (χ2v) is 5.94. The van der Waals surface area contributed by atoms with E-state index in [9.17, 15) is 9.18 Å². The number of alkyl halides is 1. The van der Waals surface area contributed by atoms with Gasteiger partial charge in [0.05, 0.1) is 5.54 Å². The molecule has 0 aliphatic heterocycles. The highest BCUT2D eigenvalue weighted by molar-refractivity contribution is 14.1. The van der Waals surface area contributed by atoms with E-state index in [0.29, 0.717) is 22.3 Å². The second-order valence-electron chi connectivity index (χ2n) is 4.27. The van der Waals surface area contributed by atoms with Crippen LogP contribution in [0.2, 0.25) is 0 Å². The van der Waals surface area contributed by atoms with Crippen molar-refractivity contribution in [2.45, 2.75) is 18.4 Å². The van der Waals surface area contributed by atoms with Gasteiger partial charge in [0.25, 0.3) is 0 Å². The molecule has 0 aromatic heterocycles. The van der Waals surface area contributed by atoms with Gasteiger partial charge in [-0.3, -0.25) is 4.79 Å². The molecule has 0 heterocycles. The summed E-state index contributed by atoms with van der Waals surface area (Å²) in [5, 5.41) is 2.84. The van der Waals surface area contributed by atoms with Crippen LogP contribution in [0.1, 0.15) is 18.4 Å². The number of carbonyl (C=O) groups is 1. The van der Waals surface area contributed by atoms with E-state index in [1.54, 1.807) is 12.1 Å². The van der Waals surface area contributed by atoms with Crippen molar-refractivity contribution in [1.29, 1.82) is 0 Å². The van der Waals surface area contributed by atoms with Crippen molar-refractivity contribution in [2.24, 2.45) is 5.92 Å². The van der Waals surface area contributed by atoms with E-state index in [-0.39, 0.29) is 5.82 Å². The molecule has 2 nitrogen and oxygen atoms in total. The molecule has 1 amide bonds. The van der Waals surface area contributed by atoms with Crippen molar-refractivity contribution >= 4 is 44.9 Å². The molecule has 1 N–H and O–H groups in total. The van der Waals surface area contributed by atoms with Crippen molar-refractivity contribution < 1.29 is 9.18 Å². The molecule has 1 fully saturated rings. The van der Waals surface area contributed by atoms with Gasteiger partial charge in [0.2, 0.25) is 6.41 Å². The fraction of sp³-hybridized carbons (Fsp3) is 0.417. The summed E-state index contributed by atoms with van der Waals surface area (Å²) in [5.74, 6) is 0.0829. The lowest BCUT2D eigenvalue weighted by Gasteiger charge is -2.32. The van der Waals surface area contributed by atoms with Crippen molar-refractivity contribution in [2.75, 3.05) is 4.43 Å². The number of hydrogen-bond acceptors (Lipinski definition) is 1. The SMILES string of the molecule is O=CNC(CI)(c1cc(Br)ccc1F)C1CC1. The standard InChI is InChI=1S/C12H12BrFINO/c13-9-3-4-11(14)10(5-9)12(6-15,16-7-17)8-1-2-8/h3-5,7-8H,1-2,6H2,(H,16,17). The van der Waals surface area contributed by atoms with E-state index in [1.165, 1.54) is 6.07 Å². The molecule has 1 aromatic carbocycles. The average molecular weight is 412 g/mol. The second kappa shape index (κ2) is 5.22. The van der Waals surface area contributed by atoms with Gasteiger partial charge >= 0.3 is 0 Å². The fourth-order valence-electron chi connectivity index (χ4n) is 2.16. The van der Waals surface area contributed by atoms with Crippen LogP contribution in [0.4, 0.5) is 4.39 Å². The first-order chi connectivity index (χ1) is 8.14. The molecule has 0 spiro atoms. The van der Waals surface area contributed by atoms with Crippen molar-refractivity contribution in [1.82, 2.24) is 5.32 Å². The van der Waals surface area contributed by atoms with Gasteiger partial charge in [-0.2, -0.15) is 0 Å². The Morgan fingerprint density at radius 1 is 1.59 bits per heavy atom. The normalized spacial score (nSPS) is 18.5. The van der Waals surface area contributed by atoms with E-state index in [4.69, 9.17) is 0 Å². The van der Waals surface area contributed by atoms with Crippen molar-refractivity contribution in [3.8, 4) is 0 Å². The topological polar surface area (TPSA) is 29.1 Å². The summed E-state index contributed by atoms with van der Waals surface area (Å²) in [7, 11) is 0. The van der Waals surface area contributed by atoms with Crippen molar-refractivity contribution in [3.05, 3.63) is 34.1 Å². The van der Waals surface area contributed by atoms with Gasteiger partial charge < -0.3 is 5.32 Å². The summed E-state index contributed by atoms with van der Waals surface area (Å²) in [6.07, 6.45) is 2.75. The Morgan fingerprint density at radius 2 is 2.29 bits per heavy atom. The summed E-state index contributed by atoms with van der Waals surface area (Å²) < 4.78 is 15.5. The molecule has 0 saturated heterocycles. The molecule has 0 bridgehead atoms. The lowest BCUT2D eigenvalue weighted by atomic mass is 9.86. The quantitative estimate of drug-likeness (QED) is 0.449. The van der Waals surface area contributed by atoms with E-state index in [0.717, 1.165) is 17.3 Å². The number of hydrogen-bond donors (Lipinski definition) is 1. The van der Waals surface area contributed by atoms with Crippen LogP contribution in [0.3, 0.4) is 0 Å². The number of rotatable bonds is 5. The third-order valence-corrected chi connectivity index (χ3v) is 4.91. The van der Waals surface area contributed by atoms with E-state index < -0.39 is 5.54 Å². The Labute approximate surface area is 122 Å². The van der Waals surface area contributed by atoms with Gasteiger partial charge in [-0.25, -0.2) is 4.39 Å². The van der Waals surface area contributed by atoms with E-state index in [1.807, 2.05) is 0 Å². The van der Waals surface area contributed by atoms with Crippen molar-refractivity contribution in [3.63, 3.8) is 0 Å². The van der Waals surface area contributed by atoms with Crippen LogP contribution in [-0.2, 0) is 10.3 Å². The maximum absolute atomic E-state index is 14.0. The first-order valence-corrected chi connectivity index (χ1v) is 7.68. The van der Waals surface area contributed by atoms with Crippen LogP contribution in [0.15, 0.2) is 22.7 Å². The highest BCUT2D eigenvalue weighted by atomic mass is 127. The molecule has 1 aromatic rings. The van der Waals surface area contributed by atoms with Gasteiger partial charge in [0.15, 0.2) is 0 Å². The van der Waals surface area contributed by atoms with E-state index >= 15 is 0 Å². The fourth-order valence-corrected chi connectivity index (χ4v) is 3.77. The average Bonchev–Trinajstić information content (AvgIpc) is 3.14. The molecule has 1 aliphatic carbocycles. The number of nitrogens with one attached hydrogen (secondary N) is 1. The predicted octanol–water partition coefficient (Wildman–Crippen LogP) is 3.37. The molecule has 0 radical (unpaired) electrons. The Bertz CT molecular complexity index is 439.